The normalized spacial score (nSPS) is 20.7. The van der Waals surface area contributed by atoms with E-state index in [0.717, 1.165) is 27.7 Å². The van der Waals surface area contributed by atoms with Gasteiger partial charge in [0.1, 0.15) is 6.07 Å². The number of carboxylic acid groups (broad SMARTS) is 1. The Bertz CT molecular complexity index is 853. The molecule has 1 unspecified atom stereocenters. The van der Waals surface area contributed by atoms with Gasteiger partial charge in [-0.2, -0.15) is 5.26 Å². The number of nitriles is 1. The molecule has 5 nitrogen and oxygen atoms in total. The molecule has 1 aliphatic rings. The SMILES string of the molecule is Cc1cc(C)c2ncc(C#N)c(N3CCC(C)(C(=O)O)C3)c2c1. The van der Waals surface area contributed by atoms with Crippen molar-refractivity contribution in [1.29, 1.82) is 5.26 Å². The Hall–Kier alpha value is -2.61. The number of fused-ring (bicyclic) bond motifs is 1. The largest absolute Gasteiger partial charge is 0.481 e. The number of aryl methyl sites for hydroxylation is 2. The molecule has 0 saturated carbocycles. The highest BCUT2D eigenvalue weighted by molar-refractivity contribution is 5.97. The van der Waals surface area contributed by atoms with Crippen molar-refractivity contribution in [3.63, 3.8) is 0 Å². The summed E-state index contributed by atoms with van der Waals surface area (Å²) in [5, 5.41) is 19.9. The topological polar surface area (TPSA) is 77.2 Å². The molecule has 1 N–H and O–H groups in total. The van der Waals surface area contributed by atoms with Crippen LogP contribution in [0.15, 0.2) is 18.3 Å². The summed E-state index contributed by atoms with van der Waals surface area (Å²) in [6.45, 7) is 6.82. The third-order valence-electron chi connectivity index (χ3n) is 4.70. The smallest absolute Gasteiger partial charge is 0.311 e. The first-order valence-corrected chi connectivity index (χ1v) is 7.64. The molecule has 1 saturated heterocycles. The van der Waals surface area contributed by atoms with E-state index in [4.69, 9.17) is 0 Å². The molecule has 118 valence electrons. The maximum absolute atomic E-state index is 11.5. The van der Waals surface area contributed by atoms with Crippen LogP contribution in [0.25, 0.3) is 10.9 Å². The van der Waals surface area contributed by atoms with E-state index in [1.54, 1.807) is 13.1 Å². The van der Waals surface area contributed by atoms with Crippen molar-refractivity contribution in [3.05, 3.63) is 35.0 Å². The van der Waals surface area contributed by atoms with Gasteiger partial charge in [-0.3, -0.25) is 9.78 Å². The summed E-state index contributed by atoms with van der Waals surface area (Å²) < 4.78 is 0. The van der Waals surface area contributed by atoms with Gasteiger partial charge in [-0.1, -0.05) is 11.6 Å². The molecule has 5 heteroatoms. The number of pyridine rings is 1. The maximum Gasteiger partial charge on any atom is 0.311 e. The van der Waals surface area contributed by atoms with E-state index in [1.165, 1.54) is 0 Å². The zero-order valence-electron chi connectivity index (χ0n) is 13.6. The average Bonchev–Trinajstić information content (AvgIpc) is 2.89. The molecule has 1 fully saturated rings. The summed E-state index contributed by atoms with van der Waals surface area (Å²) in [6.07, 6.45) is 2.16. The van der Waals surface area contributed by atoms with Crippen LogP contribution in [0, 0.1) is 30.6 Å². The minimum Gasteiger partial charge on any atom is -0.481 e. The van der Waals surface area contributed by atoms with Crippen molar-refractivity contribution in [2.75, 3.05) is 18.0 Å². The lowest BCUT2D eigenvalue weighted by Crippen LogP contribution is -2.32. The number of carboxylic acids is 1. The number of rotatable bonds is 2. The van der Waals surface area contributed by atoms with Gasteiger partial charge in [0.05, 0.1) is 22.2 Å². The van der Waals surface area contributed by atoms with Crippen LogP contribution in [0.1, 0.15) is 30.0 Å². The Morgan fingerprint density at radius 3 is 2.78 bits per heavy atom. The zero-order valence-corrected chi connectivity index (χ0v) is 13.6. The summed E-state index contributed by atoms with van der Waals surface area (Å²) in [5.41, 5.74) is 3.57. The quantitative estimate of drug-likeness (QED) is 0.922. The van der Waals surface area contributed by atoms with E-state index < -0.39 is 11.4 Å². The number of aromatic nitrogens is 1. The predicted molar refractivity (Wildman–Crippen MR) is 88.5 cm³/mol. The molecule has 0 aliphatic carbocycles. The van der Waals surface area contributed by atoms with Crippen LogP contribution in [0.4, 0.5) is 5.69 Å². The first-order chi connectivity index (χ1) is 10.9. The van der Waals surface area contributed by atoms with Crippen LogP contribution in [-0.2, 0) is 4.79 Å². The fourth-order valence-electron chi connectivity index (χ4n) is 3.40. The summed E-state index contributed by atoms with van der Waals surface area (Å²) in [7, 11) is 0. The van der Waals surface area contributed by atoms with Crippen LogP contribution < -0.4 is 4.90 Å². The fourth-order valence-corrected chi connectivity index (χ4v) is 3.40. The summed E-state index contributed by atoms with van der Waals surface area (Å²) in [4.78, 5) is 18.0. The molecule has 0 radical (unpaired) electrons. The van der Waals surface area contributed by atoms with Gasteiger partial charge >= 0.3 is 5.97 Å². The molecule has 0 spiro atoms. The highest BCUT2D eigenvalue weighted by atomic mass is 16.4. The van der Waals surface area contributed by atoms with Crippen molar-refractivity contribution in [2.45, 2.75) is 27.2 Å². The van der Waals surface area contributed by atoms with Crippen molar-refractivity contribution in [2.24, 2.45) is 5.41 Å². The number of hydrogen-bond donors (Lipinski definition) is 1. The summed E-state index contributed by atoms with van der Waals surface area (Å²) in [6, 6.07) is 6.30. The van der Waals surface area contributed by atoms with Crippen molar-refractivity contribution < 1.29 is 9.90 Å². The van der Waals surface area contributed by atoms with Gasteiger partial charge < -0.3 is 10.0 Å². The van der Waals surface area contributed by atoms with E-state index in [-0.39, 0.29) is 0 Å². The number of benzene rings is 1. The fraction of sp³-hybridized carbons (Fsp3) is 0.389. The molecule has 2 aromatic rings. The molecule has 1 aromatic carbocycles. The van der Waals surface area contributed by atoms with Crippen LogP contribution in [0.5, 0.6) is 0 Å². The van der Waals surface area contributed by atoms with E-state index in [1.807, 2.05) is 24.8 Å². The Morgan fingerprint density at radius 2 is 2.17 bits per heavy atom. The first-order valence-electron chi connectivity index (χ1n) is 7.64. The minimum absolute atomic E-state index is 0.406. The number of carbonyl (C=O) groups is 1. The van der Waals surface area contributed by atoms with Gasteiger partial charge in [0.25, 0.3) is 0 Å². The Kier molecular flexibility index (Phi) is 3.48. The highest BCUT2D eigenvalue weighted by Crippen LogP contribution is 2.38. The zero-order chi connectivity index (χ0) is 16.8. The molecular formula is C18H19N3O2. The van der Waals surface area contributed by atoms with Crippen molar-refractivity contribution in [3.8, 4) is 6.07 Å². The van der Waals surface area contributed by atoms with E-state index >= 15 is 0 Å². The molecule has 0 amide bonds. The van der Waals surface area contributed by atoms with Crippen LogP contribution in [0.2, 0.25) is 0 Å². The molecule has 2 heterocycles. The second kappa shape index (κ2) is 5.24. The molecule has 3 rings (SSSR count). The second-order valence-corrected chi connectivity index (χ2v) is 6.65. The molecule has 1 aliphatic heterocycles. The third kappa shape index (κ3) is 2.40. The van der Waals surface area contributed by atoms with Crippen LogP contribution in [-0.4, -0.2) is 29.1 Å². The van der Waals surface area contributed by atoms with Crippen LogP contribution in [0.3, 0.4) is 0 Å². The number of anilines is 1. The van der Waals surface area contributed by atoms with Gasteiger partial charge in [0, 0.05) is 24.7 Å². The van der Waals surface area contributed by atoms with Crippen molar-refractivity contribution in [1.82, 2.24) is 4.98 Å². The number of hydrogen-bond acceptors (Lipinski definition) is 4. The summed E-state index contributed by atoms with van der Waals surface area (Å²) >= 11 is 0. The monoisotopic (exact) mass is 309 g/mol. The average molecular weight is 309 g/mol. The first kappa shape index (κ1) is 15.3. The molecular weight excluding hydrogens is 290 g/mol. The predicted octanol–water partition coefficient (Wildman–Crippen LogP) is 3.02. The van der Waals surface area contributed by atoms with Gasteiger partial charge in [-0.15, -0.1) is 0 Å². The van der Waals surface area contributed by atoms with Gasteiger partial charge in [-0.05, 0) is 38.8 Å². The molecule has 23 heavy (non-hydrogen) atoms. The lowest BCUT2D eigenvalue weighted by atomic mass is 9.90. The molecule has 0 bridgehead atoms. The number of aliphatic carboxylic acids is 1. The Balaban J connectivity index is 2.21. The minimum atomic E-state index is -0.788. The molecule has 1 aromatic heterocycles. The summed E-state index contributed by atoms with van der Waals surface area (Å²) in [5.74, 6) is -0.788. The van der Waals surface area contributed by atoms with Crippen molar-refractivity contribution >= 4 is 22.6 Å². The highest BCUT2D eigenvalue weighted by Gasteiger charge is 2.41. The van der Waals surface area contributed by atoms with E-state index in [2.05, 4.69) is 17.1 Å². The standard InChI is InChI=1S/C18H19N3O2/c1-11-6-12(2)15-14(7-11)16(13(8-19)9-20-15)21-5-4-18(3,10-21)17(22)23/h6-7,9H,4-5,10H2,1-3H3,(H,22,23). The van der Waals surface area contributed by atoms with E-state index in [9.17, 15) is 15.2 Å². The Morgan fingerprint density at radius 1 is 1.43 bits per heavy atom. The van der Waals surface area contributed by atoms with E-state index in [0.29, 0.717) is 25.1 Å². The third-order valence-corrected chi connectivity index (χ3v) is 4.70. The van der Waals surface area contributed by atoms with Gasteiger partial charge in [0.2, 0.25) is 0 Å². The Labute approximate surface area is 135 Å². The number of nitrogens with zero attached hydrogens (tertiary/aromatic N) is 3. The van der Waals surface area contributed by atoms with Gasteiger partial charge in [-0.25, -0.2) is 0 Å². The van der Waals surface area contributed by atoms with Gasteiger partial charge in [0.15, 0.2) is 0 Å². The maximum atomic E-state index is 11.5. The molecule has 1 atom stereocenters. The van der Waals surface area contributed by atoms with Crippen LogP contribution >= 0.6 is 0 Å². The second-order valence-electron chi connectivity index (χ2n) is 6.65. The lowest BCUT2D eigenvalue weighted by Gasteiger charge is -2.24. The lowest BCUT2D eigenvalue weighted by molar-refractivity contribution is -0.146.